The Hall–Kier alpha value is -1.59. The predicted molar refractivity (Wildman–Crippen MR) is 84.7 cm³/mol. The summed E-state index contributed by atoms with van der Waals surface area (Å²) in [6.07, 6.45) is 2.27. The van der Waals surface area contributed by atoms with Crippen molar-refractivity contribution >= 4 is 24.2 Å². The lowest BCUT2D eigenvalue weighted by Gasteiger charge is -2.16. The molecule has 1 fully saturated rings. The van der Waals surface area contributed by atoms with E-state index in [1.54, 1.807) is 38.4 Å². The van der Waals surface area contributed by atoms with Crippen LogP contribution in [-0.2, 0) is 0 Å². The largest absolute Gasteiger partial charge is 0.348 e. The van der Waals surface area contributed by atoms with Crippen LogP contribution in [0.3, 0.4) is 0 Å². The highest BCUT2D eigenvalue weighted by atomic mass is 35.5. The molecule has 21 heavy (non-hydrogen) atoms. The van der Waals surface area contributed by atoms with Crippen LogP contribution < -0.4 is 11.1 Å². The molecule has 0 aliphatic heterocycles. The average Bonchev–Trinajstić information content (AvgIpc) is 3.28. The van der Waals surface area contributed by atoms with Gasteiger partial charge in [-0.05, 0) is 43.0 Å². The molecule has 2 rings (SSSR count). The number of nitrogens with two attached hydrogens (primary N) is 1. The Labute approximate surface area is 131 Å². The van der Waals surface area contributed by atoms with E-state index in [-0.39, 0.29) is 30.3 Å². The molecule has 0 saturated heterocycles. The molecule has 1 unspecified atom stereocenters. The third kappa shape index (κ3) is 4.44. The second kappa shape index (κ2) is 7.43. The highest BCUT2D eigenvalue weighted by Gasteiger charge is 2.31. The van der Waals surface area contributed by atoms with Crippen LogP contribution in [0.25, 0.3) is 0 Å². The fraction of sp³-hybridized carbons (Fsp3) is 0.467. The van der Waals surface area contributed by atoms with Gasteiger partial charge in [-0.1, -0.05) is 0 Å². The van der Waals surface area contributed by atoms with Crippen LogP contribution in [0.15, 0.2) is 24.3 Å². The minimum absolute atomic E-state index is 0. The first kappa shape index (κ1) is 17.5. The lowest BCUT2D eigenvalue weighted by atomic mass is 10.1. The van der Waals surface area contributed by atoms with Gasteiger partial charge in [0.2, 0.25) is 0 Å². The normalized spacial score (nSPS) is 14.8. The number of nitrogens with zero attached hydrogens (tertiary/aromatic N) is 1. The van der Waals surface area contributed by atoms with Crippen molar-refractivity contribution in [3.8, 4) is 0 Å². The number of halogens is 1. The van der Waals surface area contributed by atoms with Crippen LogP contribution in [0, 0.1) is 5.92 Å². The van der Waals surface area contributed by atoms with E-state index in [0.29, 0.717) is 23.6 Å². The van der Waals surface area contributed by atoms with E-state index in [4.69, 9.17) is 5.73 Å². The number of rotatable bonds is 5. The van der Waals surface area contributed by atoms with E-state index in [9.17, 15) is 9.59 Å². The maximum absolute atomic E-state index is 12.1. The van der Waals surface area contributed by atoms with Crippen molar-refractivity contribution in [2.45, 2.75) is 18.9 Å². The summed E-state index contributed by atoms with van der Waals surface area (Å²) >= 11 is 0. The third-order valence-corrected chi connectivity index (χ3v) is 3.56. The summed E-state index contributed by atoms with van der Waals surface area (Å²) in [5.74, 6) is 0.324. The fourth-order valence-electron chi connectivity index (χ4n) is 2.14. The van der Waals surface area contributed by atoms with E-state index < -0.39 is 0 Å². The van der Waals surface area contributed by atoms with Gasteiger partial charge in [-0.15, -0.1) is 12.4 Å². The smallest absolute Gasteiger partial charge is 0.253 e. The highest BCUT2D eigenvalue weighted by Crippen LogP contribution is 2.32. The summed E-state index contributed by atoms with van der Waals surface area (Å²) in [7, 11) is 3.40. The molecule has 0 radical (unpaired) electrons. The van der Waals surface area contributed by atoms with Crippen LogP contribution in [0.2, 0.25) is 0 Å². The van der Waals surface area contributed by atoms with E-state index in [1.165, 1.54) is 4.90 Å². The van der Waals surface area contributed by atoms with Crippen LogP contribution in [-0.4, -0.2) is 43.4 Å². The molecule has 5 nitrogen and oxygen atoms in total. The summed E-state index contributed by atoms with van der Waals surface area (Å²) < 4.78 is 0. The summed E-state index contributed by atoms with van der Waals surface area (Å²) in [6.45, 7) is 0.466. The Morgan fingerprint density at radius 2 is 1.76 bits per heavy atom. The first-order valence-electron chi connectivity index (χ1n) is 6.85. The summed E-state index contributed by atoms with van der Waals surface area (Å²) in [5.41, 5.74) is 6.80. The maximum atomic E-state index is 12.1. The Morgan fingerprint density at radius 3 is 2.19 bits per heavy atom. The molecule has 1 aromatic rings. The molecule has 1 aliphatic carbocycles. The second-order valence-electron chi connectivity index (χ2n) is 5.43. The zero-order chi connectivity index (χ0) is 14.7. The number of benzene rings is 1. The van der Waals surface area contributed by atoms with Crippen LogP contribution in [0.5, 0.6) is 0 Å². The molecule has 3 N–H and O–H groups in total. The fourth-order valence-corrected chi connectivity index (χ4v) is 2.14. The van der Waals surface area contributed by atoms with Gasteiger partial charge in [0.05, 0.1) is 0 Å². The van der Waals surface area contributed by atoms with Crippen molar-refractivity contribution in [1.29, 1.82) is 0 Å². The lowest BCUT2D eigenvalue weighted by Crippen LogP contribution is -2.41. The van der Waals surface area contributed by atoms with Crippen LogP contribution in [0.4, 0.5) is 0 Å². The molecule has 1 aromatic carbocycles. The van der Waals surface area contributed by atoms with E-state index in [0.717, 1.165) is 12.8 Å². The molecule has 6 heteroatoms. The molecule has 1 aliphatic rings. The number of nitrogens with one attached hydrogen (secondary N) is 1. The molecular weight excluding hydrogens is 290 g/mol. The molecule has 1 saturated carbocycles. The number of carbonyl (C=O) groups is 2. The van der Waals surface area contributed by atoms with Crippen molar-refractivity contribution in [1.82, 2.24) is 10.2 Å². The Balaban J connectivity index is 0.00000220. The monoisotopic (exact) mass is 311 g/mol. The molecule has 116 valence electrons. The van der Waals surface area contributed by atoms with Gasteiger partial charge in [-0.2, -0.15) is 0 Å². The lowest BCUT2D eigenvalue weighted by molar-refractivity contribution is 0.0826. The van der Waals surface area contributed by atoms with Gasteiger partial charge in [-0.3, -0.25) is 9.59 Å². The van der Waals surface area contributed by atoms with Crippen LogP contribution in [0.1, 0.15) is 33.6 Å². The third-order valence-electron chi connectivity index (χ3n) is 3.56. The summed E-state index contributed by atoms with van der Waals surface area (Å²) in [6, 6.07) is 6.75. The van der Waals surface area contributed by atoms with Gasteiger partial charge in [0, 0.05) is 37.8 Å². The van der Waals surface area contributed by atoms with Gasteiger partial charge >= 0.3 is 0 Å². The first-order chi connectivity index (χ1) is 9.52. The average molecular weight is 312 g/mol. The molecule has 0 bridgehead atoms. The van der Waals surface area contributed by atoms with Crippen molar-refractivity contribution in [3.63, 3.8) is 0 Å². The minimum Gasteiger partial charge on any atom is -0.348 e. The summed E-state index contributed by atoms with van der Waals surface area (Å²) in [5, 5.41) is 2.96. The van der Waals surface area contributed by atoms with Crippen molar-refractivity contribution in [2.24, 2.45) is 11.7 Å². The zero-order valence-corrected chi connectivity index (χ0v) is 13.2. The zero-order valence-electron chi connectivity index (χ0n) is 12.3. The van der Waals surface area contributed by atoms with Gasteiger partial charge in [0.15, 0.2) is 0 Å². The predicted octanol–water partition coefficient (Wildman–Crippen LogP) is 1.28. The highest BCUT2D eigenvalue weighted by molar-refractivity contribution is 5.97. The SMILES string of the molecule is CN(C)C(=O)c1ccc(C(=O)NC(CN)C2CC2)cc1.Cl. The number of amides is 2. The molecule has 0 aromatic heterocycles. The van der Waals surface area contributed by atoms with Crippen LogP contribution >= 0.6 is 12.4 Å². The maximum Gasteiger partial charge on any atom is 0.253 e. The quantitative estimate of drug-likeness (QED) is 0.860. The van der Waals surface area contributed by atoms with Crippen molar-refractivity contribution < 1.29 is 9.59 Å². The van der Waals surface area contributed by atoms with Crippen molar-refractivity contribution in [3.05, 3.63) is 35.4 Å². The van der Waals surface area contributed by atoms with Gasteiger partial charge in [0.1, 0.15) is 0 Å². The van der Waals surface area contributed by atoms with E-state index in [1.807, 2.05) is 0 Å². The van der Waals surface area contributed by atoms with Crippen molar-refractivity contribution in [2.75, 3.05) is 20.6 Å². The molecule has 1 atom stereocenters. The minimum atomic E-state index is -0.129. The molecule has 2 amide bonds. The standard InChI is InChI=1S/C15H21N3O2.ClH/c1-18(2)15(20)12-7-5-11(6-8-12)14(19)17-13(9-16)10-3-4-10;/h5-8,10,13H,3-4,9,16H2,1-2H3,(H,17,19);1H. The topological polar surface area (TPSA) is 75.4 Å². The van der Waals surface area contributed by atoms with E-state index >= 15 is 0 Å². The first-order valence-corrected chi connectivity index (χ1v) is 6.85. The molecular formula is C15H22ClN3O2. The molecule has 0 spiro atoms. The van der Waals surface area contributed by atoms with Gasteiger partial charge in [-0.25, -0.2) is 0 Å². The Kier molecular flexibility index (Phi) is 6.18. The summed E-state index contributed by atoms with van der Waals surface area (Å²) in [4.78, 5) is 25.4. The van der Waals surface area contributed by atoms with Gasteiger partial charge < -0.3 is 16.0 Å². The van der Waals surface area contributed by atoms with E-state index in [2.05, 4.69) is 5.32 Å². The molecule has 0 heterocycles. The number of hydrogen-bond donors (Lipinski definition) is 2. The Bertz CT molecular complexity index is 498. The number of hydrogen-bond acceptors (Lipinski definition) is 3. The Morgan fingerprint density at radius 1 is 1.24 bits per heavy atom. The number of carbonyl (C=O) groups excluding carboxylic acids is 2. The van der Waals surface area contributed by atoms with Gasteiger partial charge in [0.25, 0.3) is 11.8 Å². The second-order valence-corrected chi connectivity index (χ2v) is 5.43.